The molecule has 0 saturated carbocycles. The summed E-state index contributed by atoms with van der Waals surface area (Å²) in [6.07, 6.45) is 10.6. The van der Waals surface area contributed by atoms with Gasteiger partial charge in [-0.1, -0.05) is 6.42 Å². The molecule has 5 heterocycles. The zero-order valence-electron chi connectivity index (χ0n) is 18.2. The van der Waals surface area contributed by atoms with Crippen LogP contribution in [0.1, 0.15) is 51.4 Å². The number of morpholine rings is 1. The second kappa shape index (κ2) is 9.47. The third-order valence-electron chi connectivity index (χ3n) is 7.78. The summed E-state index contributed by atoms with van der Waals surface area (Å²) in [7, 11) is 0. The quantitative estimate of drug-likeness (QED) is 0.754. The van der Waals surface area contributed by atoms with Crippen molar-refractivity contribution in [2.75, 3.05) is 72.1 Å². The third-order valence-corrected chi connectivity index (χ3v) is 7.78. The van der Waals surface area contributed by atoms with Gasteiger partial charge in [-0.3, -0.25) is 9.80 Å². The van der Waals surface area contributed by atoms with Crippen LogP contribution < -0.4 is 5.32 Å². The molecule has 0 radical (unpaired) electrons. The molecule has 1 N–H and O–H groups in total. The predicted molar refractivity (Wildman–Crippen MR) is 113 cm³/mol. The maximum Gasteiger partial charge on any atom is 0.154 e. The summed E-state index contributed by atoms with van der Waals surface area (Å²) < 4.78 is 13.4. The van der Waals surface area contributed by atoms with E-state index in [1.165, 1.54) is 71.1 Å². The van der Waals surface area contributed by atoms with E-state index in [1.807, 2.05) is 0 Å². The summed E-state index contributed by atoms with van der Waals surface area (Å²) in [5.41, 5.74) is -0.180. The zero-order chi connectivity index (χ0) is 19.5. The molecule has 7 heteroatoms. The summed E-state index contributed by atoms with van der Waals surface area (Å²) in [5, 5.41) is 8.95. The topological polar surface area (TPSA) is 43.5 Å². The normalized spacial score (nSPS) is 39.7. The summed E-state index contributed by atoms with van der Waals surface area (Å²) in [4.78, 5) is 5.46. The van der Waals surface area contributed by atoms with E-state index in [1.54, 1.807) is 0 Å². The molecule has 166 valence electrons. The lowest BCUT2D eigenvalue weighted by Crippen LogP contribution is -2.82. The fourth-order valence-electron chi connectivity index (χ4n) is 6.47. The van der Waals surface area contributed by atoms with Crippen molar-refractivity contribution in [2.45, 2.75) is 69.4 Å². The summed E-state index contributed by atoms with van der Waals surface area (Å²) in [5.74, 6) is 0. The number of ether oxygens (including phenoxy) is 2. The van der Waals surface area contributed by atoms with Gasteiger partial charge in [0.05, 0.1) is 12.7 Å². The molecule has 29 heavy (non-hydrogen) atoms. The third kappa shape index (κ3) is 3.88. The van der Waals surface area contributed by atoms with E-state index in [0.29, 0.717) is 0 Å². The van der Waals surface area contributed by atoms with Crippen molar-refractivity contribution in [1.29, 1.82) is 0 Å². The van der Waals surface area contributed by atoms with Crippen LogP contribution in [0.4, 0.5) is 0 Å². The lowest BCUT2D eigenvalue weighted by molar-refractivity contribution is -0.335. The Morgan fingerprint density at radius 1 is 0.690 bits per heavy atom. The van der Waals surface area contributed by atoms with Crippen LogP contribution >= 0.6 is 0 Å². The van der Waals surface area contributed by atoms with Crippen molar-refractivity contribution in [3.8, 4) is 0 Å². The number of nitrogens with zero attached hydrogens (tertiary/aromatic N) is 4. The van der Waals surface area contributed by atoms with Gasteiger partial charge in [-0.2, -0.15) is 0 Å². The largest absolute Gasteiger partial charge is 0.375 e. The molecular weight excluding hydrogens is 366 g/mol. The summed E-state index contributed by atoms with van der Waals surface area (Å²) in [6, 6.07) is 0. The first-order valence-corrected chi connectivity index (χ1v) is 12.4. The maximum atomic E-state index is 6.73. The number of piperazine rings is 1. The van der Waals surface area contributed by atoms with Crippen molar-refractivity contribution >= 4 is 0 Å². The molecule has 0 bridgehead atoms. The van der Waals surface area contributed by atoms with Crippen molar-refractivity contribution in [3.05, 3.63) is 0 Å². The van der Waals surface area contributed by atoms with E-state index in [0.717, 1.165) is 52.4 Å². The molecule has 3 atom stereocenters. The highest BCUT2D eigenvalue weighted by atomic mass is 16.5. The number of hydrogen-bond donors (Lipinski definition) is 1. The van der Waals surface area contributed by atoms with Gasteiger partial charge in [0.15, 0.2) is 5.66 Å². The van der Waals surface area contributed by atoms with Gasteiger partial charge >= 0.3 is 0 Å². The zero-order valence-corrected chi connectivity index (χ0v) is 18.2. The van der Waals surface area contributed by atoms with Gasteiger partial charge in [-0.15, -0.1) is 0 Å². The van der Waals surface area contributed by atoms with Crippen molar-refractivity contribution < 1.29 is 9.47 Å². The minimum atomic E-state index is -0.180. The van der Waals surface area contributed by atoms with E-state index in [-0.39, 0.29) is 18.0 Å². The Bertz CT molecular complexity index is 493. The molecule has 0 aromatic heterocycles. The van der Waals surface area contributed by atoms with E-state index in [4.69, 9.17) is 9.47 Å². The first-order valence-electron chi connectivity index (χ1n) is 12.4. The molecule has 0 aromatic carbocycles. The lowest BCUT2D eigenvalue weighted by Gasteiger charge is -2.64. The standard InChI is InChI=1S/C22H41N5O2/c1-3-13-25(14-4-1)22(20-8-2-7-18-28-20)21(24-11-5-6-12-24)29-19-17-27(22)26-15-9-23-10-16-26/h20-21,23H,1-19H2. The SMILES string of the molecule is C1CCN(C2(C3CCCCO3)C(N3CCCC3)OCCN2N2CCNCC2)CC1. The monoisotopic (exact) mass is 407 g/mol. The highest BCUT2D eigenvalue weighted by Gasteiger charge is 2.61. The molecule has 0 aromatic rings. The van der Waals surface area contributed by atoms with Gasteiger partial charge in [0.1, 0.15) is 6.23 Å². The lowest BCUT2D eigenvalue weighted by atomic mass is 9.87. The molecule has 5 fully saturated rings. The molecule has 5 aliphatic rings. The van der Waals surface area contributed by atoms with Gasteiger partial charge in [-0.25, -0.2) is 10.0 Å². The number of hydrazine groups is 1. The van der Waals surface area contributed by atoms with Gasteiger partial charge in [0, 0.05) is 65.5 Å². The van der Waals surface area contributed by atoms with E-state index >= 15 is 0 Å². The Balaban J connectivity index is 1.56. The Morgan fingerprint density at radius 2 is 1.45 bits per heavy atom. The Labute approximate surface area is 176 Å². The average molecular weight is 408 g/mol. The smallest absolute Gasteiger partial charge is 0.154 e. The fraction of sp³-hybridized carbons (Fsp3) is 1.00. The molecule has 5 aliphatic heterocycles. The Hall–Kier alpha value is -0.280. The number of hydrogen-bond acceptors (Lipinski definition) is 7. The van der Waals surface area contributed by atoms with E-state index in [9.17, 15) is 0 Å². The van der Waals surface area contributed by atoms with Crippen molar-refractivity contribution in [2.24, 2.45) is 0 Å². The van der Waals surface area contributed by atoms with Crippen molar-refractivity contribution in [3.63, 3.8) is 0 Å². The second-order valence-corrected chi connectivity index (χ2v) is 9.48. The molecule has 0 aliphatic carbocycles. The molecule has 0 amide bonds. The van der Waals surface area contributed by atoms with Crippen LogP contribution in [0.3, 0.4) is 0 Å². The van der Waals surface area contributed by atoms with Gasteiger partial charge in [-0.05, 0) is 44.9 Å². The van der Waals surface area contributed by atoms with Crippen LogP contribution in [0, 0.1) is 0 Å². The minimum absolute atomic E-state index is 0.120. The molecule has 7 nitrogen and oxygen atoms in total. The number of rotatable bonds is 4. The summed E-state index contributed by atoms with van der Waals surface area (Å²) in [6.45, 7) is 11.7. The highest BCUT2D eigenvalue weighted by molar-refractivity contribution is 5.06. The van der Waals surface area contributed by atoms with E-state index in [2.05, 4.69) is 25.1 Å². The molecule has 3 unspecified atom stereocenters. The molecule has 5 saturated heterocycles. The molecule has 0 spiro atoms. The van der Waals surface area contributed by atoms with Gasteiger partial charge in [0.2, 0.25) is 0 Å². The Morgan fingerprint density at radius 3 is 2.17 bits per heavy atom. The summed E-state index contributed by atoms with van der Waals surface area (Å²) >= 11 is 0. The molecular formula is C22H41N5O2. The number of likely N-dealkylation sites (tertiary alicyclic amines) is 2. The second-order valence-electron chi connectivity index (χ2n) is 9.48. The van der Waals surface area contributed by atoms with Gasteiger partial charge in [0.25, 0.3) is 0 Å². The Kier molecular flexibility index (Phi) is 6.73. The predicted octanol–water partition coefficient (Wildman–Crippen LogP) is 1.31. The van der Waals surface area contributed by atoms with Crippen LogP contribution in [0.25, 0.3) is 0 Å². The van der Waals surface area contributed by atoms with Crippen LogP contribution in [-0.2, 0) is 9.47 Å². The average Bonchev–Trinajstić information content (AvgIpc) is 3.35. The van der Waals surface area contributed by atoms with Crippen molar-refractivity contribution in [1.82, 2.24) is 25.1 Å². The maximum absolute atomic E-state index is 6.73. The number of nitrogens with one attached hydrogen (secondary N) is 1. The first kappa shape index (κ1) is 20.6. The molecule has 5 rings (SSSR count). The first-order chi connectivity index (χ1) is 14.4. The van der Waals surface area contributed by atoms with E-state index < -0.39 is 0 Å². The van der Waals surface area contributed by atoms with Crippen LogP contribution in [0.2, 0.25) is 0 Å². The van der Waals surface area contributed by atoms with Gasteiger partial charge < -0.3 is 14.8 Å². The fourth-order valence-corrected chi connectivity index (χ4v) is 6.47. The van der Waals surface area contributed by atoms with Crippen LogP contribution in [0.5, 0.6) is 0 Å². The number of piperidine rings is 1. The highest BCUT2D eigenvalue weighted by Crippen LogP contribution is 2.43. The van der Waals surface area contributed by atoms with Crippen LogP contribution in [0.15, 0.2) is 0 Å². The van der Waals surface area contributed by atoms with Crippen LogP contribution in [-0.4, -0.2) is 110 Å². The minimum Gasteiger partial charge on any atom is -0.375 e.